The number of halogens is 1. The third-order valence-electron chi connectivity index (χ3n) is 6.21. The average molecular weight is 458 g/mol. The normalized spacial score (nSPS) is 15.0. The molecule has 3 aromatic rings. The molecule has 0 bridgehead atoms. The Hall–Kier alpha value is -3.07. The Kier molecular flexibility index (Phi) is 5.62. The van der Waals surface area contributed by atoms with Crippen LogP contribution < -0.4 is 10.5 Å². The highest BCUT2D eigenvalue weighted by Gasteiger charge is 2.37. The van der Waals surface area contributed by atoms with E-state index in [0.717, 1.165) is 33.5 Å². The van der Waals surface area contributed by atoms with Gasteiger partial charge in [0.2, 0.25) is 0 Å². The number of methoxy groups -OCH3 is 1. The molecule has 2 amide bonds. The van der Waals surface area contributed by atoms with Gasteiger partial charge in [0.15, 0.2) is 5.65 Å². The largest absolute Gasteiger partial charge is 0.496 e. The molecule has 170 valence electrons. The number of fused-ring (bicyclic) bond motifs is 1. The van der Waals surface area contributed by atoms with Gasteiger partial charge in [0.25, 0.3) is 0 Å². The number of aromatic nitrogens is 4. The maximum atomic E-state index is 12.3. The van der Waals surface area contributed by atoms with Crippen LogP contribution in [0.2, 0.25) is 5.02 Å². The summed E-state index contributed by atoms with van der Waals surface area (Å²) in [4.78, 5) is 24.2. The molecule has 4 rings (SSSR count). The number of nitrogen functional groups attached to an aromatic ring is 1. The van der Waals surface area contributed by atoms with Crippen LogP contribution in [0.4, 0.5) is 10.6 Å². The van der Waals surface area contributed by atoms with Crippen LogP contribution in [0, 0.1) is 13.8 Å². The Morgan fingerprint density at radius 3 is 2.62 bits per heavy atom. The van der Waals surface area contributed by atoms with Crippen LogP contribution >= 0.6 is 11.6 Å². The minimum Gasteiger partial charge on any atom is -0.496 e. The summed E-state index contributed by atoms with van der Waals surface area (Å²) in [7, 11) is 5.18. The van der Waals surface area contributed by atoms with Crippen LogP contribution in [-0.4, -0.2) is 69.9 Å². The van der Waals surface area contributed by atoms with Crippen molar-refractivity contribution in [3.8, 4) is 5.75 Å². The lowest BCUT2D eigenvalue weighted by Gasteiger charge is -2.42. The fourth-order valence-corrected chi connectivity index (χ4v) is 4.69. The Balaban J connectivity index is 1.78. The fourth-order valence-electron chi connectivity index (χ4n) is 4.47. The highest BCUT2D eigenvalue weighted by Crippen LogP contribution is 2.44. The number of benzene rings is 1. The topological polar surface area (TPSA) is 102 Å². The highest BCUT2D eigenvalue weighted by atomic mass is 35.5. The summed E-state index contributed by atoms with van der Waals surface area (Å²) in [6.07, 6.45) is 1.44. The molecule has 1 saturated heterocycles. The number of ether oxygens (including phenoxy) is 1. The molecule has 0 radical (unpaired) electrons. The molecule has 2 aromatic heterocycles. The molecule has 1 fully saturated rings. The first-order valence-electron chi connectivity index (χ1n) is 10.4. The molecule has 1 unspecified atom stereocenters. The van der Waals surface area contributed by atoms with Crippen LogP contribution in [0.25, 0.3) is 11.0 Å². The summed E-state index contributed by atoms with van der Waals surface area (Å²) >= 11 is 6.68. The van der Waals surface area contributed by atoms with Crippen molar-refractivity contribution in [2.45, 2.75) is 32.7 Å². The number of nitrogens with zero attached hydrogens (tertiary/aromatic N) is 6. The molecule has 9 nitrogen and oxygen atoms in total. The van der Waals surface area contributed by atoms with Gasteiger partial charge in [0.05, 0.1) is 24.2 Å². The Bertz CT molecular complexity index is 1200. The number of rotatable bonds is 4. The van der Waals surface area contributed by atoms with E-state index in [-0.39, 0.29) is 18.0 Å². The van der Waals surface area contributed by atoms with E-state index in [1.165, 1.54) is 6.33 Å². The number of nitrogens with two attached hydrogens (primary N) is 1. The molecular weight excluding hydrogens is 430 g/mol. The number of amides is 2. The maximum Gasteiger partial charge on any atom is 0.319 e. The Morgan fingerprint density at radius 1 is 1.31 bits per heavy atom. The van der Waals surface area contributed by atoms with Gasteiger partial charge in [-0.3, -0.25) is 0 Å². The van der Waals surface area contributed by atoms with Crippen molar-refractivity contribution < 1.29 is 9.53 Å². The number of hydrogen-bond acceptors (Lipinski definition) is 6. The number of urea groups is 1. The minimum absolute atomic E-state index is 0.00393. The van der Waals surface area contributed by atoms with Crippen molar-refractivity contribution in [3.05, 3.63) is 39.8 Å². The van der Waals surface area contributed by atoms with Gasteiger partial charge >= 0.3 is 6.03 Å². The maximum absolute atomic E-state index is 12.3. The van der Waals surface area contributed by atoms with Crippen LogP contribution in [0.5, 0.6) is 5.75 Å². The molecule has 1 atom stereocenters. The smallest absolute Gasteiger partial charge is 0.319 e. The molecule has 32 heavy (non-hydrogen) atoms. The van der Waals surface area contributed by atoms with Crippen molar-refractivity contribution in [1.82, 2.24) is 29.5 Å². The van der Waals surface area contributed by atoms with E-state index >= 15 is 0 Å². The summed E-state index contributed by atoms with van der Waals surface area (Å²) in [5, 5.41) is 6.09. The van der Waals surface area contributed by atoms with Crippen molar-refractivity contribution in [1.29, 1.82) is 0 Å². The summed E-state index contributed by atoms with van der Waals surface area (Å²) in [6.45, 7) is 7.15. The van der Waals surface area contributed by atoms with Crippen LogP contribution in [0.15, 0.2) is 12.4 Å². The lowest BCUT2D eigenvalue weighted by atomic mass is 9.85. The number of hydrogen-bond donors (Lipinski definition) is 1. The molecule has 10 heteroatoms. The standard InChI is InChI=1S/C22H28ClN7O2/c1-11-16(23)7-15(13(3)30-21-18(12(2)27-30)20(24)25-10-26-21)19(32-6)17(11)14-8-29(9-14)22(31)28(4)5/h7,10,13-14H,8-9H2,1-6H3,(H2,24,25,26). The van der Waals surface area contributed by atoms with E-state index in [1.807, 2.05) is 36.4 Å². The first-order valence-corrected chi connectivity index (χ1v) is 10.8. The second kappa shape index (κ2) is 8.12. The first kappa shape index (κ1) is 22.1. The van der Waals surface area contributed by atoms with E-state index in [2.05, 4.69) is 9.97 Å². The number of carbonyl (C=O) groups is 1. The zero-order chi connectivity index (χ0) is 23.3. The van der Waals surface area contributed by atoms with Gasteiger partial charge in [-0.2, -0.15) is 5.10 Å². The molecule has 0 aliphatic carbocycles. The van der Waals surface area contributed by atoms with Crippen LogP contribution in [-0.2, 0) is 0 Å². The monoisotopic (exact) mass is 457 g/mol. The molecule has 1 aliphatic heterocycles. The SMILES string of the molecule is COc1c(C(C)n2nc(C)c3c(N)ncnc32)cc(Cl)c(C)c1C1CN(C(=O)N(C)C)C1. The Labute approximate surface area is 192 Å². The number of anilines is 1. The quantitative estimate of drug-likeness (QED) is 0.644. The summed E-state index contributed by atoms with van der Waals surface area (Å²) in [5.74, 6) is 1.32. The zero-order valence-corrected chi connectivity index (χ0v) is 19.9. The molecular formula is C22H28ClN7O2. The molecule has 0 saturated carbocycles. The van der Waals surface area contributed by atoms with Crippen molar-refractivity contribution in [3.63, 3.8) is 0 Å². The van der Waals surface area contributed by atoms with Gasteiger partial charge in [-0.05, 0) is 32.4 Å². The minimum atomic E-state index is -0.216. The molecule has 2 N–H and O–H groups in total. The van der Waals surface area contributed by atoms with Gasteiger partial charge in [-0.1, -0.05) is 11.6 Å². The molecule has 0 spiro atoms. The van der Waals surface area contributed by atoms with E-state index in [0.29, 0.717) is 29.6 Å². The van der Waals surface area contributed by atoms with Crippen molar-refractivity contribution in [2.24, 2.45) is 0 Å². The highest BCUT2D eigenvalue weighted by molar-refractivity contribution is 6.31. The fraction of sp³-hybridized carbons (Fsp3) is 0.455. The summed E-state index contributed by atoms with van der Waals surface area (Å²) < 4.78 is 7.76. The first-order chi connectivity index (χ1) is 15.1. The molecule has 1 aromatic carbocycles. The van der Waals surface area contributed by atoms with E-state index in [9.17, 15) is 4.79 Å². The number of likely N-dealkylation sites (tertiary alicyclic amines) is 1. The predicted molar refractivity (Wildman–Crippen MR) is 124 cm³/mol. The molecule has 3 heterocycles. The number of carbonyl (C=O) groups excluding carboxylic acids is 1. The van der Waals surface area contributed by atoms with Gasteiger partial charge in [-0.15, -0.1) is 0 Å². The van der Waals surface area contributed by atoms with Crippen molar-refractivity contribution in [2.75, 3.05) is 40.0 Å². The van der Waals surface area contributed by atoms with Gasteiger partial charge in [-0.25, -0.2) is 19.4 Å². The van der Waals surface area contributed by atoms with Gasteiger partial charge in [0.1, 0.15) is 17.9 Å². The third-order valence-corrected chi connectivity index (χ3v) is 6.60. The lowest BCUT2D eigenvalue weighted by Crippen LogP contribution is -2.52. The Morgan fingerprint density at radius 2 is 2.00 bits per heavy atom. The summed E-state index contributed by atoms with van der Waals surface area (Å²) in [6, 6.07) is 1.72. The van der Waals surface area contributed by atoms with Crippen LogP contribution in [0.1, 0.15) is 41.3 Å². The van der Waals surface area contributed by atoms with Gasteiger partial charge in [0, 0.05) is 49.3 Å². The second-order valence-corrected chi connectivity index (χ2v) is 8.87. The predicted octanol–water partition coefficient (Wildman–Crippen LogP) is 3.38. The van der Waals surface area contributed by atoms with E-state index < -0.39 is 0 Å². The van der Waals surface area contributed by atoms with Crippen LogP contribution in [0.3, 0.4) is 0 Å². The zero-order valence-electron chi connectivity index (χ0n) is 19.2. The number of aryl methyl sites for hydroxylation is 1. The summed E-state index contributed by atoms with van der Waals surface area (Å²) in [5.41, 5.74) is 10.4. The van der Waals surface area contributed by atoms with Gasteiger partial charge < -0.3 is 20.3 Å². The third kappa shape index (κ3) is 3.40. The lowest BCUT2D eigenvalue weighted by molar-refractivity contribution is 0.127. The average Bonchev–Trinajstić information content (AvgIpc) is 3.06. The second-order valence-electron chi connectivity index (χ2n) is 8.46. The molecule has 1 aliphatic rings. The van der Waals surface area contributed by atoms with Crippen molar-refractivity contribution >= 4 is 34.5 Å². The van der Waals surface area contributed by atoms with E-state index in [1.54, 1.807) is 26.1 Å². The van der Waals surface area contributed by atoms with E-state index in [4.69, 9.17) is 27.2 Å².